The summed E-state index contributed by atoms with van der Waals surface area (Å²) in [5.41, 5.74) is 9.77. The topological polar surface area (TPSA) is 112 Å². The predicted molar refractivity (Wildman–Crippen MR) is 194 cm³/mol. The Labute approximate surface area is 291 Å². The minimum atomic E-state index is -0.939. The number of nitrogens with zero attached hydrogens (tertiary/aromatic N) is 4. The van der Waals surface area contributed by atoms with E-state index in [0.29, 0.717) is 40.3 Å². The van der Waals surface area contributed by atoms with Gasteiger partial charge >= 0.3 is 6.03 Å². The van der Waals surface area contributed by atoms with Crippen molar-refractivity contribution in [2.75, 3.05) is 18.7 Å². The minimum absolute atomic E-state index is 0.0689. The van der Waals surface area contributed by atoms with Gasteiger partial charge in [-0.15, -0.1) is 0 Å². The van der Waals surface area contributed by atoms with Gasteiger partial charge in [-0.25, -0.2) is 18.6 Å². The Balaban J connectivity index is 1.05. The maximum Gasteiger partial charge on any atom is 0.340 e. The molecule has 7 aromatic rings. The molecule has 9 nitrogen and oxygen atoms in total. The molecule has 2 N–H and O–H groups in total. The number of rotatable bonds is 11. The van der Waals surface area contributed by atoms with Crippen LogP contribution in [-0.4, -0.2) is 35.9 Å². The third-order valence-corrected chi connectivity index (χ3v) is 8.27. The van der Waals surface area contributed by atoms with Crippen LogP contribution in [0.1, 0.15) is 17.5 Å². The number of hydrogen-bond acceptors (Lipinski definition) is 7. The van der Waals surface area contributed by atoms with Crippen LogP contribution in [0.2, 0.25) is 0 Å². The molecule has 0 aliphatic carbocycles. The number of primary amides is 1. The SMILES string of the molecule is COc1cc2c(Oc3ccc(N(/N=C/c4ccc(F)cc4)C(N)=O)cc3F)ccnc2cc1OCCCc1cccc2nc3ccccc3cc12. The number of pyridine rings is 2. The summed E-state index contributed by atoms with van der Waals surface area (Å²) in [4.78, 5) is 21.4. The monoisotopic (exact) mass is 683 g/mol. The van der Waals surface area contributed by atoms with Gasteiger partial charge in [0.25, 0.3) is 0 Å². The molecule has 11 heteroatoms. The van der Waals surface area contributed by atoms with Crippen molar-refractivity contribution in [3.05, 3.63) is 138 Å². The first-order chi connectivity index (χ1) is 24.9. The molecule has 0 unspecified atom stereocenters. The number of para-hydroxylation sites is 1. The molecule has 0 aliphatic rings. The molecule has 7 rings (SSSR count). The second kappa shape index (κ2) is 14.5. The number of urea groups is 1. The molecular weight excluding hydrogens is 652 g/mol. The van der Waals surface area contributed by atoms with Gasteiger partial charge in [-0.1, -0.05) is 42.5 Å². The number of aromatic nitrogens is 2. The number of anilines is 1. The Morgan fingerprint density at radius 2 is 1.65 bits per heavy atom. The summed E-state index contributed by atoms with van der Waals surface area (Å²) in [5.74, 6) is 0.0323. The Morgan fingerprint density at radius 1 is 0.824 bits per heavy atom. The molecule has 0 bridgehead atoms. The van der Waals surface area contributed by atoms with E-state index in [1.165, 1.54) is 48.2 Å². The van der Waals surface area contributed by atoms with E-state index in [9.17, 15) is 9.18 Å². The smallest absolute Gasteiger partial charge is 0.340 e. The summed E-state index contributed by atoms with van der Waals surface area (Å²) in [6, 6.07) is 30.0. The number of hydrazone groups is 1. The lowest BCUT2D eigenvalue weighted by Gasteiger charge is -2.16. The van der Waals surface area contributed by atoms with Crippen molar-refractivity contribution in [1.82, 2.24) is 9.97 Å². The first-order valence-electron chi connectivity index (χ1n) is 16.1. The van der Waals surface area contributed by atoms with E-state index in [1.54, 1.807) is 31.5 Å². The van der Waals surface area contributed by atoms with E-state index in [4.69, 9.17) is 24.9 Å². The third-order valence-electron chi connectivity index (χ3n) is 8.27. The van der Waals surface area contributed by atoms with Gasteiger partial charge in [-0.05, 0) is 78.6 Å². The number of benzene rings is 5. The number of halogens is 2. The van der Waals surface area contributed by atoms with Gasteiger partial charge in [-0.3, -0.25) is 4.98 Å². The van der Waals surface area contributed by atoms with E-state index in [2.05, 4.69) is 28.3 Å². The summed E-state index contributed by atoms with van der Waals surface area (Å²) in [7, 11) is 1.54. The number of fused-ring (bicyclic) bond motifs is 3. The molecule has 0 aliphatic heterocycles. The molecule has 0 fully saturated rings. The summed E-state index contributed by atoms with van der Waals surface area (Å²) < 4.78 is 46.4. The number of amides is 2. The molecule has 0 saturated heterocycles. The number of aryl methyl sites for hydroxylation is 1. The number of hydrogen-bond donors (Lipinski definition) is 1. The van der Waals surface area contributed by atoms with E-state index in [0.717, 1.165) is 45.7 Å². The fourth-order valence-corrected chi connectivity index (χ4v) is 5.76. The Hall–Kier alpha value is -6.62. The highest BCUT2D eigenvalue weighted by molar-refractivity contribution is 5.95. The van der Waals surface area contributed by atoms with Crippen molar-refractivity contribution in [3.8, 4) is 23.0 Å². The number of nitrogens with two attached hydrogens (primary N) is 1. The highest BCUT2D eigenvalue weighted by atomic mass is 19.1. The van der Waals surface area contributed by atoms with Crippen LogP contribution in [0.5, 0.6) is 23.0 Å². The second-order valence-electron chi connectivity index (χ2n) is 11.6. The largest absolute Gasteiger partial charge is 0.493 e. The van der Waals surface area contributed by atoms with Crippen LogP contribution in [0.3, 0.4) is 0 Å². The van der Waals surface area contributed by atoms with Crippen molar-refractivity contribution >= 4 is 50.6 Å². The third kappa shape index (κ3) is 7.23. The number of carbonyl (C=O) groups excluding carboxylic acids is 1. The number of methoxy groups -OCH3 is 1. The van der Waals surface area contributed by atoms with Gasteiger partial charge in [0.2, 0.25) is 0 Å². The lowest BCUT2D eigenvalue weighted by Crippen LogP contribution is -2.31. The molecule has 2 aromatic heterocycles. The van der Waals surface area contributed by atoms with Crippen LogP contribution >= 0.6 is 0 Å². The quantitative estimate of drug-likeness (QED) is 0.0631. The molecule has 51 heavy (non-hydrogen) atoms. The van der Waals surface area contributed by atoms with Crippen LogP contribution in [0.15, 0.2) is 120 Å². The van der Waals surface area contributed by atoms with Crippen LogP contribution in [0.4, 0.5) is 19.3 Å². The van der Waals surface area contributed by atoms with Crippen LogP contribution < -0.4 is 25.0 Å². The molecule has 0 atom stereocenters. The summed E-state index contributed by atoms with van der Waals surface area (Å²) in [6.45, 7) is 0.434. The Morgan fingerprint density at radius 3 is 2.45 bits per heavy atom. The first-order valence-corrected chi connectivity index (χ1v) is 16.1. The fourth-order valence-electron chi connectivity index (χ4n) is 5.76. The molecule has 0 radical (unpaired) electrons. The lowest BCUT2D eigenvalue weighted by atomic mass is 10.0. The van der Waals surface area contributed by atoms with E-state index >= 15 is 4.39 Å². The normalized spacial score (nSPS) is 11.4. The van der Waals surface area contributed by atoms with E-state index in [-0.39, 0.29) is 11.4 Å². The zero-order valence-electron chi connectivity index (χ0n) is 27.4. The highest BCUT2D eigenvalue weighted by Gasteiger charge is 2.17. The Kier molecular flexibility index (Phi) is 9.34. The van der Waals surface area contributed by atoms with Crippen LogP contribution in [0, 0.1) is 11.6 Å². The molecule has 0 saturated carbocycles. The van der Waals surface area contributed by atoms with Gasteiger partial charge in [0.1, 0.15) is 11.6 Å². The van der Waals surface area contributed by atoms with E-state index < -0.39 is 17.7 Å². The lowest BCUT2D eigenvalue weighted by molar-refractivity contribution is 0.254. The molecule has 254 valence electrons. The molecule has 2 heterocycles. The highest BCUT2D eigenvalue weighted by Crippen LogP contribution is 2.38. The molecule has 2 amide bonds. The predicted octanol–water partition coefficient (Wildman–Crippen LogP) is 8.95. The average molecular weight is 684 g/mol. The molecule has 5 aromatic carbocycles. The molecular formula is C40H31F2N5O4. The standard InChI is InChI=1S/C40H31F2N5O4/c1-49-38-22-31-35(23-39(38)50-19-5-8-26-7-4-10-34-30(26)20-27-6-2-3-9-33(27)46-34)44-18-17-36(31)51-37-16-15-29(21-32(37)42)47(40(43)48)45-24-25-11-13-28(41)14-12-25/h2-4,6-7,9-18,20-24H,5,8,19H2,1H3,(H2,43,48)/b45-24+. The van der Waals surface area contributed by atoms with Gasteiger partial charge in [0, 0.05) is 34.5 Å². The summed E-state index contributed by atoms with van der Waals surface area (Å²) >= 11 is 0. The maximum absolute atomic E-state index is 15.4. The van der Waals surface area contributed by atoms with Crippen molar-refractivity contribution in [2.45, 2.75) is 12.8 Å². The zero-order chi connectivity index (χ0) is 35.3. The van der Waals surface area contributed by atoms with Crippen molar-refractivity contribution < 1.29 is 27.8 Å². The van der Waals surface area contributed by atoms with E-state index in [1.807, 2.05) is 30.3 Å². The average Bonchev–Trinajstić information content (AvgIpc) is 3.14. The van der Waals surface area contributed by atoms with Gasteiger partial charge < -0.3 is 19.9 Å². The van der Waals surface area contributed by atoms with Crippen molar-refractivity contribution in [3.63, 3.8) is 0 Å². The van der Waals surface area contributed by atoms with Crippen molar-refractivity contribution in [1.29, 1.82) is 0 Å². The van der Waals surface area contributed by atoms with Gasteiger partial charge in [0.05, 0.1) is 42.2 Å². The Bertz CT molecular complexity index is 2420. The fraction of sp³-hybridized carbons (Fsp3) is 0.100. The van der Waals surface area contributed by atoms with Gasteiger partial charge in [-0.2, -0.15) is 10.1 Å². The van der Waals surface area contributed by atoms with Crippen LogP contribution in [-0.2, 0) is 6.42 Å². The second-order valence-corrected chi connectivity index (χ2v) is 11.6. The van der Waals surface area contributed by atoms with Crippen LogP contribution in [0.25, 0.3) is 32.7 Å². The number of carbonyl (C=O) groups is 1. The first kappa shape index (κ1) is 32.9. The van der Waals surface area contributed by atoms with Crippen molar-refractivity contribution in [2.24, 2.45) is 10.8 Å². The zero-order valence-corrected chi connectivity index (χ0v) is 27.4. The maximum atomic E-state index is 15.4. The summed E-state index contributed by atoms with van der Waals surface area (Å²) in [5, 5.41) is 7.67. The molecule has 0 spiro atoms. The van der Waals surface area contributed by atoms with Gasteiger partial charge in [0.15, 0.2) is 23.1 Å². The summed E-state index contributed by atoms with van der Waals surface area (Å²) in [6.07, 6.45) is 4.41. The minimum Gasteiger partial charge on any atom is -0.493 e. The number of ether oxygens (including phenoxy) is 3.